The lowest BCUT2D eigenvalue weighted by atomic mass is 9.63. The molecule has 0 radical (unpaired) electrons. The van der Waals surface area contributed by atoms with Gasteiger partial charge in [-0.05, 0) is 97.2 Å². The molecule has 71 heavy (non-hydrogen) atoms. The zero-order valence-electron chi connectivity index (χ0n) is 39.5. The Kier molecular flexibility index (Phi) is 12.0. The summed E-state index contributed by atoms with van der Waals surface area (Å²) in [7, 11) is 1.42. The van der Waals surface area contributed by atoms with E-state index in [1.807, 2.05) is 31.7 Å². The maximum absolute atomic E-state index is 16.4. The maximum Gasteiger partial charge on any atom is 0.433 e. The van der Waals surface area contributed by atoms with Gasteiger partial charge in [0, 0.05) is 95.4 Å². The summed E-state index contributed by atoms with van der Waals surface area (Å²) in [5.74, 6) is 3.43. The number of imide groups is 1. The van der Waals surface area contributed by atoms with Crippen molar-refractivity contribution in [3.63, 3.8) is 0 Å². The van der Waals surface area contributed by atoms with Crippen molar-refractivity contribution in [3.8, 4) is 17.6 Å². The molecule has 18 heteroatoms. The van der Waals surface area contributed by atoms with Crippen molar-refractivity contribution >= 4 is 52.5 Å². The van der Waals surface area contributed by atoms with E-state index in [0.717, 1.165) is 36.5 Å². The number of nitrogens with one attached hydrogen (secondary N) is 4. The number of benzene rings is 3. The molecular formula is C53H52ClF4N7O6. The molecule has 6 heterocycles. The highest BCUT2D eigenvalue weighted by atomic mass is 35.5. The number of nitrogens with zero attached hydrogens (tertiary/aromatic N) is 3. The SMILES string of the molecule is COc1cc(C(=O)N2CCC[C@@]3(C[C@H]3C#Cc3ccc4c(c3)CN(C3CCC(=O)NC3=O)C4=O)C2)ccc1NC(=O)[C@@H]1N[C@@H](CC(C)(C)C)[C@@]2(CNc3cc(C(F)(F)F)ncc32)[C@H]1c1cccc(Cl)c1F. The molecule has 1 unspecified atom stereocenters. The summed E-state index contributed by atoms with van der Waals surface area (Å²) in [6.07, 6.45) is -0.0918. The number of likely N-dealkylation sites (tertiary alicyclic amines) is 1. The van der Waals surface area contributed by atoms with E-state index in [1.165, 1.54) is 24.3 Å². The van der Waals surface area contributed by atoms with Gasteiger partial charge in [-0.15, -0.1) is 0 Å². The van der Waals surface area contributed by atoms with Crippen molar-refractivity contribution in [2.45, 2.75) is 101 Å². The van der Waals surface area contributed by atoms with E-state index in [4.69, 9.17) is 16.3 Å². The number of aromatic nitrogens is 1. The van der Waals surface area contributed by atoms with Gasteiger partial charge in [0.2, 0.25) is 17.7 Å². The minimum atomic E-state index is -4.71. The highest BCUT2D eigenvalue weighted by molar-refractivity contribution is 6.30. The van der Waals surface area contributed by atoms with E-state index in [0.29, 0.717) is 36.2 Å². The molecule has 370 valence electrons. The zero-order chi connectivity index (χ0) is 50.4. The van der Waals surface area contributed by atoms with E-state index in [-0.39, 0.29) is 88.1 Å². The second-order valence-corrected chi connectivity index (χ2v) is 21.4. The van der Waals surface area contributed by atoms with E-state index < -0.39 is 59.0 Å². The van der Waals surface area contributed by atoms with Gasteiger partial charge in [-0.2, -0.15) is 13.2 Å². The van der Waals surface area contributed by atoms with Crippen LogP contribution in [0.3, 0.4) is 0 Å². The molecule has 1 aliphatic carbocycles. The van der Waals surface area contributed by atoms with Crippen molar-refractivity contribution in [2.75, 3.05) is 37.4 Å². The minimum absolute atomic E-state index is 0.0535. The van der Waals surface area contributed by atoms with E-state index >= 15 is 4.39 Å². The van der Waals surface area contributed by atoms with Crippen LogP contribution in [0.4, 0.5) is 28.9 Å². The Balaban J connectivity index is 0.860. The summed E-state index contributed by atoms with van der Waals surface area (Å²) in [6.45, 7) is 7.42. The predicted molar refractivity (Wildman–Crippen MR) is 255 cm³/mol. The van der Waals surface area contributed by atoms with Gasteiger partial charge in [0.25, 0.3) is 11.8 Å². The number of rotatable bonds is 7. The van der Waals surface area contributed by atoms with Gasteiger partial charge in [0.1, 0.15) is 23.3 Å². The molecule has 5 aliphatic heterocycles. The number of amides is 5. The van der Waals surface area contributed by atoms with Crippen LogP contribution in [0.15, 0.2) is 66.9 Å². The van der Waals surface area contributed by atoms with Gasteiger partial charge >= 0.3 is 6.18 Å². The topological polar surface area (TPSA) is 162 Å². The lowest BCUT2D eigenvalue weighted by Crippen LogP contribution is -2.52. The molecule has 4 N–H and O–H groups in total. The standard InChI is InChI=1S/C53H52ClF4N7O6/c1-50(2,3)23-41-52(26-60-37-21-40(53(56,57)58)59-24-34(37)52)43(33-7-5-8-35(54)44(33)55)45(62-41)47(68)61-36-14-11-29(20-39(36)71-4)48(69)64-18-6-17-51(27-64)22-31(51)12-9-28-10-13-32-30(19-28)25-65(49(32)70)38-15-16-42(66)63-46(38)67/h5,7-8,10-11,13-14,19-21,24,31,38,41,43,45,60,62H,6,15-18,22-23,25-27H2,1-4H3,(H,61,68)(H,63,66,67)/t31-,38?,41+,43+,45-,51-,52+/m1/s1. The number of hydrogen-bond acceptors (Lipinski definition) is 9. The second kappa shape index (κ2) is 17.7. The normalized spacial score (nSPS) is 26.7. The summed E-state index contributed by atoms with van der Waals surface area (Å²) in [5, 5.41) is 11.8. The Morgan fingerprint density at radius 3 is 2.61 bits per heavy atom. The third-order valence-electron chi connectivity index (χ3n) is 15.3. The lowest BCUT2D eigenvalue weighted by molar-refractivity contribution is -0.141. The largest absolute Gasteiger partial charge is 0.495 e. The molecule has 5 amide bonds. The number of hydrogen-bond donors (Lipinski definition) is 4. The van der Waals surface area contributed by atoms with Gasteiger partial charge in [-0.25, -0.2) is 4.39 Å². The molecule has 4 fully saturated rings. The number of alkyl halides is 3. The average molecular weight is 994 g/mol. The van der Waals surface area contributed by atoms with Crippen LogP contribution in [0.1, 0.15) is 114 Å². The maximum atomic E-state index is 16.4. The first-order valence-corrected chi connectivity index (χ1v) is 24.2. The van der Waals surface area contributed by atoms with Gasteiger partial charge in [0.15, 0.2) is 0 Å². The predicted octanol–water partition coefficient (Wildman–Crippen LogP) is 7.82. The van der Waals surface area contributed by atoms with Crippen molar-refractivity contribution in [1.82, 2.24) is 25.4 Å². The van der Waals surface area contributed by atoms with Gasteiger partial charge < -0.3 is 30.5 Å². The smallest absolute Gasteiger partial charge is 0.433 e. The van der Waals surface area contributed by atoms with Crippen LogP contribution in [0.5, 0.6) is 5.75 Å². The van der Waals surface area contributed by atoms with Gasteiger partial charge in [0.05, 0.1) is 23.9 Å². The minimum Gasteiger partial charge on any atom is -0.495 e. The number of piperidine rings is 2. The van der Waals surface area contributed by atoms with Crippen LogP contribution in [0.2, 0.25) is 5.02 Å². The van der Waals surface area contributed by atoms with Crippen molar-refractivity contribution < 1.29 is 46.3 Å². The molecule has 6 aliphatic rings. The Morgan fingerprint density at radius 2 is 1.86 bits per heavy atom. The average Bonchev–Trinajstić information content (AvgIpc) is 3.54. The summed E-state index contributed by atoms with van der Waals surface area (Å²) in [4.78, 5) is 73.5. The van der Waals surface area contributed by atoms with E-state index in [2.05, 4.69) is 38.1 Å². The number of carbonyl (C=O) groups excluding carboxylic acids is 5. The molecular weight excluding hydrogens is 942 g/mol. The number of anilines is 2. The van der Waals surface area contributed by atoms with Crippen molar-refractivity contribution in [1.29, 1.82) is 0 Å². The quantitative estimate of drug-likeness (QED) is 0.0823. The number of methoxy groups -OCH3 is 1. The van der Waals surface area contributed by atoms with Crippen LogP contribution in [0, 0.1) is 34.4 Å². The third kappa shape index (κ3) is 8.66. The molecule has 13 nitrogen and oxygen atoms in total. The second-order valence-electron chi connectivity index (χ2n) is 21.0. The summed E-state index contributed by atoms with van der Waals surface area (Å²) in [5.41, 5.74) is 0.631. The van der Waals surface area contributed by atoms with E-state index in [1.54, 1.807) is 42.5 Å². The monoisotopic (exact) mass is 993 g/mol. The molecule has 3 aromatic carbocycles. The molecule has 3 saturated heterocycles. The first-order chi connectivity index (χ1) is 33.7. The van der Waals surface area contributed by atoms with Crippen molar-refractivity contribution in [3.05, 3.63) is 117 Å². The van der Waals surface area contributed by atoms with Gasteiger partial charge in [-0.1, -0.05) is 56.3 Å². The molecule has 7 atom stereocenters. The Bertz CT molecular complexity index is 2990. The van der Waals surface area contributed by atoms with Crippen LogP contribution >= 0.6 is 11.6 Å². The highest BCUT2D eigenvalue weighted by Crippen LogP contribution is 2.59. The molecule has 2 spiro atoms. The summed E-state index contributed by atoms with van der Waals surface area (Å²) in [6, 6.07) is 13.3. The third-order valence-corrected chi connectivity index (χ3v) is 15.6. The van der Waals surface area contributed by atoms with Crippen LogP contribution in [-0.4, -0.2) is 89.2 Å². The highest BCUT2D eigenvalue weighted by Gasteiger charge is 2.62. The molecule has 10 rings (SSSR count). The lowest BCUT2D eigenvalue weighted by Gasteiger charge is -2.39. The van der Waals surface area contributed by atoms with Crippen LogP contribution in [-0.2, 0) is 32.5 Å². The molecule has 4 aromatic rings. The number of ether oxygens (including phenoxy) is 1. The number of halogens is 5. The Morgan fingerprint density at radius 1 is 1.06 bits per heavy atom. The number of carbonyl (C=O) groups is 5. The first kappa shape index (κ1) is 48.1. The fourth-order valence-corrected chi connectivity index (χ4v) is 12.0. The fraction of sp³-hybridized carbons (Fsp3) is 0.434. The van der Waals surface area contributed by atoms with Crippen LogP contribution < -0.4 is 26.0 Å². The summed E-state index contributed by atoms with van der Waals surface area (Å²) < 4.78 is 63.8. The molecule has 1 aromatic heterocycles. The van der Waals surface area contributed by atoms with Gasteiger partial charge in [-0.3, -0.25) is 34.3 Å². The molecule has 0 bridgehead atoms. The molecule has 1 saturated carbocycles. The van der Waals surface area contributed by atoms with Crippen molar-refractivity contribution in [2.24, 2.45) is 16.7 Å². The fourth-order valence-electron chi connectivity index (χ4n) is 11.8. The summed E-state index contributed by atoms with van der Waals surface area (Å²) >= 11 is 6.38. The zero-order valence-corrected chi connectivity index (χ0v) is 40.2. The number of pyridine rings is 1. The number of fused-ring (bicyclic) bond motifs is 3. The Labute approximate surface area is 412 Å². The first-order valence-electron chi connectivity index (χ1n) is 23.8. The Hall–Kier alpha value is -6.51. The van der Waals surface area contributed by atoms with E-state index in [9.17, 15) is 37.1 Å². The van der Waals surface area contributed by atoms with Crippen LogP contribution in [0.25, 0.3) is 0 Å².